The molecule has 1 saturated heterocycles. The van der Waals surface area contributed by atoms with Gasteiger partial charge in [0, 0.05) is 37.4 Å². The number of hydrogen-bond acceptors (Lipinski definition) is 3. The molecule has 7 heteroatoms. The number of nitrogens with zero attached hydrogens (tertiary/aromatic N) is 2. The maximum atomic E-state index is 13.2. The first kappa shape index (κ1) is 19.1. The lowest BCUT2D eigenvalue weighted by molar-refractivity contribution is -0.137. The first-order valence-electron chi connectivity index (χ1n) is 8.66. The number of benzene rings is 1. The summed E-state index contributed by atoms with van der Waals surface area (Å²) < 4.78 is 39.7. The Bertz CT molecular complexity index is 741. The average Bonchev–Trinajstić information content (AvgIpc) is 2.64. The minimum atomic E-state index is -4.41. The molecule has 26 heavy (non-hydrogen) atoms. The number of rotatable bonds is 4. The predicted molar refractivity (Wildman–Crippen MR) is 96.4 cm³/mol. The molecule has 1 aliphatic heterocycles. The highest BCUT2D eigenvalue weighted by Gasteiger charge is 2.33. The van der Waals surface area contributed by atoms with Crippen molar-refractivity contribution >= 4 is 11.6 Å². The number of aromatic nitrogens is 1. The van der Waals surface area contributed by atoms with E-state index in [1.54, 1.807) is 6.20 Å². The fourth-order valence-corrected chi connectivity index (χ4v) is 3.44. The van der Waals surface area contributed by atoms with Crippen LogP contribution in [0.4, 0.5) is 13.2 Å². The van der Waals surface area contributed by atoms with Crippen LogP contribution in [-0.4, -0.2) is 36.1 Å². The second-order valence-corrected chi connectivity index (χ2v) is 6.77. The Morgan fingerprint density at radius 1 is 1.19 bits per heavy atom. The average molecular weight is 384 g/mol. The highest BCUT2D eigenvalue weighted by Crippen LogP contribution is 2.37. The molecule has 1 unspecified atom stereocenters. The zero-order valence-corrected chi connectivity index (χ0v) is 15.2. The highest BCUT2D eigenvalue weighted by molar-refractivity contribution is 6.31. The lowest BCUT2D eigenvalue weighted by Gasteiger charge is -2.35. The summed E-state index contributed by atoms with van der Waals surface area (Å²) in [5.74, 6) is 0. The molecular formula is C19H21ClF3N3. The zero-order chi connectivity index (χ0) is 18.7. The number of nitrogens with one attached hydrogen (secondary N) is 1. The Morgan fingerprint density at radius 3 is 2.50 bits per heavy atom. The van der Waals surface area contributed by atoms with E-state index in [-0.39, 0.29) is 0 Å². The van der Waals surface area contributed by atoms with E-state index in [1.165, 1.54) is 6.07 Å². The van der Waals surface area contributed by atoms with Crippen LogP contribution in [0.1, 0.15) is 35.3 Å². The van der Waals surface area contributed by atoms with Gasteiger partial charge in [0.15, 0.2) is 0 Å². The largest absolute Gasteiger partial charge is 0.416 e. The molecule has 0 aliphatic carbocycles. The van der Waals surface area contributed by atoms with Gasteiger partial charge in [-0.25, -0.2) is 0 Å². The van der Waals surface area contributed by atoms with Gasteiger partial charge in [-0.2, -0.15) is 13.2 Å². The summed E-state index contributed by atoms with van der Waals surface area (Å²) in [6, 6.07) is 6.97. The maximum Gasteiger partial charge on any atom is 0.416 e. The third kappa shape index (κ3) is 4.19. The molecule has 0 bridgehead atoms. The lowest BCUT2D eigenvalue weighted by atomic mass is 9.97. The molecule has 1 aromatic heterocycles. The van der Waals surface area contributed by atoms with E-state index >= 15 is 0 Å². The highest BCUT2D eigenvalue weighted by atomic mass is 35.5. The molecule has 2 aromatic rings. The second kappa shape index (κ2) is 7.94. The van der Waals surface area contributed by atoms with Crippen molar-refractivity contribution in [3.8, 4) is 0 Å². The van der Waals surface area contributed by atoms with Crippen molar-refractivity contribution < 1.29 is 13.2 Å². The van der Waals surface area contributed by atoms with Gasteiger partial charge in [0.2, 0.25) is 0 Å². The number of halogens is 4. The number of pyridine rings is 1. The monoisotopic (exact) mass is 383 g/mol. The first-order valence-corrected chi connectivity index (χ1v) is 9.04. The van der Waals surface area contributed by atoms with Crippen molar-refractivity contribution in [3.05, 3.63) is 63.9 Å². The van der Waals surface area contributed by atoms with Gasteiger partial charge >= 0.3 is 6.18 Å². The van der Waals surface area contributed by atoms with Crippen LogP contribution in [0, 0.1) is 0 Å². The molecule has 0 saturated carbocycles. The van der Waals surface area contributed by atoms with Crippen LogP contribution >= 0.6 is 11.6 Å². The number of alkyl halides is 3. The van der Waals surface area contributed by atoms with E-state index in [4.69, 9.17) is 11.6 Å². The van der Waals surface area contributed by atoms with Crippen LogP contribution in [0.3, 0.4) is 0 Å². The molecular weight excluding hydrogens is 363 g/mol. The molecule has 0 spiro atoms. The van der Waals surface area contributed by atoms with E-state index in [0.717, 1.165) is 37.2 Å². The van der Waals surface area contributed by atoms with Gasteiger partial charge in [-0.05, 0) is 41.8 Å². The molecule has 3 rings (SSSR count). The Morgan fingerprint density at radius 2 is 1.92 bits per heavy atom. The lowest BCUT2D eigenvalue weighted by Crippen LogP contribution is -2.45. The summed E-state index contributed by atoms with van der Waals surface area (Å²) in [4.78, 5) is 6.66. The third-order valence-electron chi connectivity index (χ3n) is 4.67. The smallest absolute Gasteiger partial charge is 0.314 e. The van der Waals surface area contributed by atoms with Crippen molar-refractivity contribution in [1.29, 1.82) is 0 Å². The van der Waals surface area contributed by atoms with Gasteiger partial charge in [0.25, 0.3) is 0 Å². The summed E-state index contributed by atoms with van der Waals surface area (Å²) in [7, 11) is 0. The van der Waals surface area contributed by atoms with Gasteiger partial charge in [0.05, 0.1) is 17.3 Å². The molecule has 2 heterocycles. The quantitative estimate of drug-likeness (QED) is 0.852. The van der Waals surface area contributed by atoms with Gasteiger partial charge in [-0.1, -0.05) is 24.6 Å². The minimum absolute atomic E-state index is 0.322. The van der Waals surface area contributed by atoms with Crippen LogP contribution in [0.5, 0.6) is 0 Å². The topological polar surface area (TPSA) is 28.2 Å². The Kier molecular flexibility index (Phi) is 5.85. The molecule has 1 fully saturated rings. The Hall–Kier alpha value is -1.63. The standard InChI is InChI=1S/C19H21ClF3N3/c1-2-13-3-6-17(25-12-13)18(26-9-7-24-8-10-26)15-11-14(19(21,22)23)4-5-16(15)20/h3-6,11-12,18,24H,2,7-10H2,1H3. The summed E-state index contributed by atoms with van der Waals surface area (Å²) in [6.45, 7) is 5.03. The zero-order valence-electron chi connectivity index (χ0n) is 14.5. The number of piperazine rings is 1. The van der Waals surface area contributed by atoms with E-state index < -0.39 is 17.8 Å². The van der Waals surface area contributed by atoms with E-state index in [1.807, 2.05) is 19.1 Å². The normalized spacial score (nSPS) is 17.3. The van der Waals surface area contributed by atoms with Gasteiger partial charge in [0.1, 0.15) is 0 Å². The molecule has 1 atom stereocenters. The van der Waals surface area contributed by atoms with E-state index in [0.29, 0.717) is 29.4 Å². The van der Waals surface area contributed by atoms with Gasteiger partial charge < -0.3 is 5.32 Å². The summed E-state index contributed by atoms with van der Waals surface area (Å²) in [5.41, 5.74) is 1.55. The van der Waals surface area contributed by atoms with Crippen molar-refractivity contribution in [3.63, 3.8) is 0 Å². The van der Waals surface area contributed by atoms with Gasteiger partial charge in [-0.3, -0.25) is 9.88 Å². The number of hydrogen-bond donors (Lipinski definition) is 1. The Balaban J connectivity index is 2.07. The molecule has 1 aromatic carbocycles. The third-order valence-corrected chi connectivity index (χ3v) is 5.01. The van der Waals surface area contributed by atoms with Crippen molar-refractivity contribution in [2.45, 2.75) is 25.6 Å². The summed E-state index contributed by atoms with van der Waals surface area (Å²) in [6.07, 6.45) is -1.77. The van der Waals surface area contributed by atoms with E-state index in [2.05, 4.69) is 15.2 Å². The van der Waals surface area contributed by atoms with E-state index in [9.17, 15) is 13.2 Å². The van der Waals surface area contributed by atoms with Crippen LogP contribution in [0.15, 0.2) is 36.5 Å². The van der Waals surface area contributed by atoms with Gasteiger partial charge in [-0.15, -0.1) is 0 Å². The fourth-order valence-electron chi connectivity index (χ4n) is 3.22. The van der Waals surface area contributed by atoms with Crippen LogP contribution in [-0.2, 0) is 12.6 Å². The Labute approximate surface area is 156 Å². The van der Waals surface area contributed by atoms with Crippen molar-refractivity contribution in [2.75, 3.05) is 26.2 Å². The molecule has 3 nitrogen and oxygen atoms in total. The maximum absolute atomic E-state index is 13.2. The fraction of sp³-hybridized carbons (Fsp3) is 0.421. The second-order valence-electron chi connectivity index (χ2n) is 6.37. The molecule has 0 radical (unpaired) electrons. The SMILES string of the molecule is CCc1ccc(C(c2cc(C(F)(F)F)ccc2Cl)N2CCNCC2)nc1. The minimum Gasteiger partial charge on any atom is -0.314 e. The van der Waals surface area contributed by atoms with Crippen molar-refractivity contribution in [2.24, 2.45) is 0 Å². The number of aryl methyl sites for hydroxylation is 1. The molecule has 0 amide bonds. The molecule has 1 N–H and O–H groups in total. The molecule has 140 valence electrons. The summed E-state index contributed by atoms with van der Waals surface area (Å²) in [5, 5.41) is 3.59. The van der Waals surface area contributed by atoms with Crippen LogP contribution in [0.25, 0.3) is 0 Å². The molecule has 1 aliphatic rings. The van der Waals surface area contributed by atoms with Crippen molar-refractivity contribution in [1.82, 2.24) is 15.2 Å². The van der Waals surface area contributed by atoms with Crippen LogP contribution < -0.4 is 5.32 Å². The summed E-state index contributed by atoms with van der Waals surface area (Å²) >= 11 is 6.33. The first-order chi connectivity index (χ1) is 12.4. The van der Waals surface area contributed by atoms with Crippen LogP contribution in [0.2, 0.25) is 5.02 Å². The predicted octanol–water partition coefficient (Wildman–Crippen LogP) is 4.31.